The van der Waals surface area contributed by atoms with E-state index in [1.165, 1.54) is 0 Å². The smallest absolute Gasteiger partial charge is 0.0311 e. The predicted molar refractivity (Wildman–Crippen MR) is 10.5 cm³/mol. The SMILES string of the molecule is O=S(=O)([O-])[O-].[Hf]. The number of hydrogen-bond donors (Lipinski definition) is 0. The molecule has 0 bridgehead atoms. The summed E-state index contributed by atoms with van der Waals surface area (Å²) < 4.78 is 34.1. The van der Waals surface area contributed by atoms with Crippen molar-refractivity contribution in [3.8, 4) is 0 Å². The molecule has 0 radical (unpaired) electrons. The monoisotopic (exact) mass is 276 g/mol. The number of hydrogen-bond acceptors (Lipinski definition) is 4. The first-order chi connectivity index (χ1) is 2.00. The molecular weight excluding hydrogens is 275 g/mol. The van der Waals surface area contributed by atoms with E-state index in [1.54, 1.807) is 0 Å². The zero-order valence-corrected chi connectivity index (χ0v) is 6.95. The van der Waals surface area contributed by atoms with Gasteiger partial charge in [0, 0.05) is 36.2 Å². The zero-order chi connectivity index (χ0) is 4.50. The molecule has 6 heteroatoms. The van der Waals surface area contributed by atoms with Crippen LogP contribution in [-0.4, -0.2) is 17.5 Å². The molecule has 0 aliphatic heterocycles. The van der Waals surface area contributed by atoms with Crippen LogP contribution in [0.25, 0.3) is 0 Å². The standard InChI is InChI=1S/Hf.H2O4S/c;1-5(2,3)4/h;(H2,1,2,3,4)/p-2. The molecule has 0 atom stereocenters. The molecule has 6 heavy (non-hydrogen) atoms. The second-order valence-electron chi connectivity index (χ2n) is 0.408. The molecule has 0 N–H and O–H groups in total. The van der Waals surface area contributed by atoms with Gasteiger partial charge in [-0.15, -0.1) is 0 Å². The molecule has 0 amide bonds. The topological polar surface area (TPSA) is 80.3 Å². The number of rotatable bonds is 0. The fourth-order valence-electron chi connectivity index (χ4n) is 0. The van der Waals surface area contributed by atoms with Crippen molar-refractivity contribution in [2.24, 2.45) is 0 Å². The van der Waals surface area contributed by atoms with Crippen molar-refractivity contribution in [2.45, 2.75) is 0 Å². The Morgan fingerprint density at radius 3 is 1.17 bits per heavy atom. The Balaban J connectivity index is 0. The third-order valence-electron chi connectivity index (χ3n) is 0. The van der Waals surface area contributed by atoms with E-state index in [0.29, 0.717) is 0 Å². The molecule has 0 spiro atoms. The fourth-order valence-corrected chi connectivity index (χ4v) is 0. The van der Waals surface area contributed by atoms with Crippen molar-refractivity contribution in [1.29, 1.82) is 0 Å². The molecule has 0 heterocycles. The van der Waals surface area contributed by atoms with Crippen LogP contribution in [0.15, 0.2) is 0 Å². The summed E-state index contributed by atoms with van der Waals surface area (Å²) in [5.41, 5.74) is 0. The molecule has 0 aromatic heterocycles. The van der Waals surface area contributed by atoms with Gasteiger partial charge in [0.2, 0.25) is 0 Å². The average Bonchev–Trinajstić information content (AvgIpc) is 0.722. The van der Waals surface area contributed by atoms with E-state index in [2.05, 4.69) is 0 Å². The van der Waals surface area contributed by atoms with E-state index in [0.717, 1.165) is 0 Å². The van der Waals surface area contributed by atoms with E-state index in [4.69, 9.17) is 17.5 Å². The summed E-state index contributed by atoms with van der Waals surface area (Å²) >= 11 is 0. The Hall–Kier alpha value is 0.740. The van der Waals surface area contributed by atoms with Gasteiger partial charge in [0.05, 0.1) is 0 Å². The average molecular weight is 275 g/mol. The third-order valence-corrected chi connectivity index (χ3v) is 0. The van der Waals surface area contributed by atoms with Crippen LogP contribution >= 0.6 is 0 Å². The molecule has 0 aromatic rings. The Labute approximate surface area is 53.9 Å². The Morgan fingerprint density at radius 1 is 1.17 bits per heavy atom. The van der Waals surface area contributed by atoms with Crippen LogP contribution in [0.5, 0.6) is 0 Å². The minimum Gasteiger partial charge on any atom is -0.759 e. The Bertz CT molecular complexity index is 90.7. The maximum absolute atomic E-state index is 8.52. The Kier molecular flexibility index (Phi) is 4.68. The summed E-state index contributed by atoms with van der Waals surface area (Å²) in [7, 11) is -5.17. The second kappa shape index (κ2) is 2.84. The molecule has 0 saturated heterocycles. The van der Waals surface area contributed by atoms with Gasteiger partial charge in [-0.05, 0) is 0 Å². The molecule has 0 aromatic carbocycles. The third kappa shape index (κ3) is 121. The maximum Gasteiger partial charge on any atom is 0.0311 e. The van der Waals surface area contributed by atoms with Gasteiger partial charge in [-0.25, -0.2) is 0 Å². The summed E-state index contributed by atoms with van der Waals surface area (Å²) in [6.07, 6.45) is 0. The molecule has 0 fully saturated rings. The van der Waals surface area contributed by atoms with Gasteiger partial charge in [0.15, 0.2) is 0 Å². The molecule has 0 aliphatic rings. The van der Waals surface area contributed by atoms with Crippen molar-refractivity contribution in [1.82, 2.24) is 0 Å². The van der Waals surface area contributed by atoms with Crippen molar-refractivity contribution in [3.63, 3.8) is 0 Å². The fraction of sp³-hybridized carbons (Fsp3) is 0. The van der Waals surface area contributed by atoms with Crippen LogP contribution in [0.2, 0.25) is 0 Å². The van der Waals surface area contributed by atoms with Gasteiger partial charge in [-0.1, -0.05) is 0 Å². The predicted octanol–water partition coefficient (Wildman–Crippen LogP) is -1.34. The summed E-state index contributed by atoms with van der Waals surface area (Å²) in [5, 5.41) is 0. The second-order valence-corrected chi connectivity index (χ2v) is 1.22. The molecule has 0 unspecified atom stereocenters. The van der Waals surface area contributed by atoms with Gasteiger partial charge >= 0.3 is 0 Å². The van der Waals surface area contributed by atoms with E-state index in [9.17, 15) is 0 Å². The zero-order valence-electron chi connectivity index (χ0n) is 2.54. The van der Waals surface area contributed by atoms with Crippen LogP contribution in [0.4, 0.5) is 0 Å². The van der Waals surface area contributed by atoms with Crippen LogP contribution in [0.3, 0.4) is 0 Å². The molecule has 36 valence electrons. The minimum atomic E-state index is -5.17. The summed E-state index contributed by atoms with van der Waals surface area (Å²) in [6.45, 7) is 0. The van der Waals surface area contributed by atoms with Gasteiger partial charge in [0.1, 0.15) is 0 Å². The van der Waals surface area contributed by atoms with Crippen molar-refractivity contribution >= 4 is 10.4 Å². The van der Waals surface area contributed by atoms with Crippen molar-refractivity contribution < 1.29 is 43.4 Å². The van der Waals surface area contributed by atoms with Gasteiger partial charge in [0.25, 0.3) is 0 Å². The maximum atomic E-state index is 8.52. The van der Waals surface area contributed by atoms with Gasteiger partial charge < -0.3 is 9.11 Å². The summed E-state index contributed by atoms with van der Waals surface area (Å²) in [5.74, 6) is 0. The Morgan fingerprint density at radius 2 is 1.17 bits per heavy atom. The van der Waals surface area contributed by atoms with E-state index in [-0.39, 0.29) is 25.8 Å². The first-order valence-corrected chi connectivity index (χ1v) is 2.00. The summed E-state index contributed by atoms with van der Waals surface area (Å²) in [6, 6.07) is 0. The summed E-state index contributed by atoms with van der Waals surface area (Å²) in [4.78, 5) is 0. The van der Waals surface area contributed by atoms with Crippen molar-refractivity contribution in [3.05, 3.63) is 0 Å². The molecule has 0 rings (SSSR count). The molecule has 4 nitrogen and oxygen atoms in total. The normalized spacial score (nSPS) is 9.67. The van der Waals surface area contributed by atoms with Gasteiger partial charge in [-0.2, -0.15) is 0 Å². The van der Waals surface area contributed by atoms with Gasteiger partial charge in [-0.3, -0.25) is 8.42 Å². The van der Waals surface area contributed by atoms with Crippen LogP contribution in [-0.2, 0) is 36.2 Å². The largest absolute Gasteiger partial charge is 0.759 e. The molecule has 0 saturated carbocycles. The van der Waals surface area contributed by atoms with Crippen molar-refractivity contribution in [2.75, 3.05) is 0 Å². The van der Waals surface area contributed by atoms with Crippen LogP contribution < -0.4 is 0 Å². The van der Waals surface area contributed by atoms with E-state index < -0.39 is 10.4 Å². The van der Waals surface area contributed by atoms with Crippen LogP contribution in [0.1, 0.15) is 0 Å². The minimum absolute atomic E-state index is 0. The van der Waals surface area contributed by atoms with Crippen LogP contribution in [0, 0.1) is 0 Å². The molecular formula is HfO4S-2. The quantitative estimate of drug-likeness (QED) is 0.311. The first-order valence-electron chi connectivity index (χ1n) is 0.667. The van der Waals surface area contributed by atoms with E-state index >= 15 is 0 Å². The van der Waals surface area contributed by atoms with E-state index in [1.807, 2.05) is 0 Å². The first kappa shape index (κ1) is 9.88. The molecule has 0 aliphatic carbocycles.